The molecule has 3 heterocycles. The number of nitrogens with zero attached hydrogens (tertiary/aromatic N) is 5. The second-order valence-corrected chi connectivity index (χ2v) is 7.14. The van der Waals surface area contributed by atoms with E-state index in [1.54, 1.807) is 0 Å². The van der Waals surface area contributed by atoms with Gasteiger partial charge in [0.25, 0.3) is 0 Å². The first kappa shape index (κ1) is 15.0. The molecule has 5 rings (SSSR count). The monoisotopic (exact) mass is 335 g/mol. The van der Waals surface area contributed by atoms with Gasteiger partial charge in [-0.2, -0.15) is 4.98 Å². The average molecular weight is 335 g/mol. The first-order valence-electron chi connectivity index (χ1n) is 9.08. The lowest BCUT2D eigenvalue weighted by Crippen LogP contribution is -2.25. The van der Waals surface area contributed by atoms with E-state index in [0.717, 1.165) is 60.1 Å². The van der Waals surface area contributed by atoms with Crippen LogP contribution in [0.15, 0.2) is 28.8 Å². The van der Waals surface area contributed by atoms with Crippen molar-refractivity contribution in [2.24, 2.45) is 0 Å². The van der Waals surface area contributed by atoms with E-state index in [1.165, 1.54) is 12.8 Å². The molecule has 2 fully saturated rings. The maximum Gasteiger partial charge on any atom is 0.229 e. The van der Waals surface area contributed by atoms with Gasteiger partial charge in [0, 0.05) is 17.0 Å². The Morgan fingerprint density at radius 2 is 2.00 bits per heavy atom. The van der Waals surface area contributed by atoms with Crippen molar-refractivity contribution < 1.29 is 4.52 Å². The Kier molecular flexibility index (Phi) is 3.52. The minimum absolute atomic E-state index is 0.214. The summed E-state index contributed by atoms with van der Waals surface area (Å²) in [6.07, 6.45) is 4.57. The van der Waals surface area contributed by atoms with E-state index >= 15 is 0 Å². The molecule has 1 saturated carbocycles. The summed E-state index contributed by atoms with van der Waals surface area (Å²) in [6, 6.07) is 8.40. The first-order valence-corrected chi connectivity index (χ1v) is 9.08. The van der Waals surface area contributed by atoms with Crippen molar-refractivity contribution in [3.8, 4) is 0 Å². The molecule has 6 nitrogen and oxygen atoms in total. The van der Waals surface area contributed by atoms with Crippen molar-refractivity contribution in [3.05, 3.63) is 47.5 Å². The van der Waals surface area contributed by atoms with Gasteiger partial charge in [0.05, 0.1) is 18.1 Å². The fourth-order valence-electron chi connectivity index (χ4n) is 3.73. The number of likely N-dealkylation sites (tertiary alicyclic amines) is 1. The molecule has 0 bridgehead atoms. The van der Waals surface area contributed by atoms with Crippen molar-refractivity contribution in [2.75, 3.05) is 6.54 Å². The number of hydrogen-bond donors (Lipinski definition) is 0. The van der Waals surface area contributed by atoms with Crippen molar-refractivity contribution in [1.29, 1.82) is 0 Å². The van der Waals surface area contributed by atoms with Gasteiger partial charge in [-0.15, -0.1) is 0 Å². The summed E-state index contributed by atoms with van der Waals surface area (Å²) in [5.41, 5.74) is 2.04. The van der Waals surface area contributed by atoms with Crippen LogP contribution in [0.25, 0.3) is 10.9 Å². The highest BCUT2D eigenvalue weighted by Crippen LogP contribution is 2.40. The Morgan fingerprint density at radius 3 is 2.88 bits per heavy atom. The topological polar surface area (TPSA) is 67.9 Å². The number of aromatic nitrogens is 4. The van der Waals surface area contributed by atoms with Gasteiger partial charge in [0.1, 0.15) is 5.82 Å². The molecule has 2 aliphatic rings. The van der Waals surface area contributed by atoms with Crippen LogP contribution in [-0.2, 0) is 6.54 Å². The molecule has 6 heteroatoms. The fourth-order valence-corrected chi connectivity index (χ4v) is 3.73. The lowest BCUT2D eigenvalue weighted by atomic mass is 10.2. The fraction of sp³-hybridized carbons (Fsp3) is 0.474. The zero-order valence-corrected chi connectivity index (χ0v) is 14.4. The molecule has 2 aromatic heterocycles. The van der Waals surface area contributed by atoms with E-state index in [0.29, 0.717) is 5.92 Å². The largest absolute Gasteiger partial charge is 0.339 e. The first-order chi connectivity index (χ1) is 12.3. The van der Waals surface area contributed by atoms with Crippen LogP contribution in [0, 0.1) is 6.92 Å². The minimum atomic E-state index is 0.214. The van der Waals surface area contributed by atoms with E-state index in [1.807, 2.05) is 12.1 Å². The molecule has 1 aliphatic carbocycles. The van der Waals surface area contributed by atoms with Crippen molar-refractivity contribution in [1.82, 2.24) is 25.0 Å². The van der Waals surface area contributed by atoms with Crippen molar-refractivity contribution >= 4 is 10.9 Å². The normalized spacial score (nSPS) is 21.2. The number of fused-ring (bicyclic) bond motifs is 1. The van der Waals surface area contributed by atoms with E-state index in [4.69, 9.17) is 14.5 Å². The molecule has 1 saturated heterocycles. The standard InChI is InChI=1S/C19H21N5O/c1-12-14-5-2-3-6-15(14)21-17(20-12)11-24-10-4-7-16(24)18-22-19(25-23-18)13-8-9-13/h2-3,5-6,13,16H,4,7-11H2,1H3/t16-/m1/s1. The Balaban J connectivity index is 1.40. The average Bonchev–Trinajstić information content (AvgIpc) is 3.17. The van der Waals surface area contributed by atoms with E-state index in [-0.39, 0.29) is 6.04 Å². The van der Waals surface area contributed by atoms with Crippen LogP contribution in [0.1, 0.15) is 60.9 Å². The number of benzene rings is 1. The highest BCUT2D eigenvalue weighted by atomic mass is 16.5. The molecule has 3 aromatic rings. The predicted molar refractivity (Wildman–Crippen MR) is 92.9 cm³/mol. The Labute approximate surface area is 146 Å². The molecule has 0 N–H and O–H groups in total. The number of aryl methyl sites for hydroxylation is 1. The highest BCUT2D eigenvalue weighted by Gasteiger charge is 2.34. The van der Waals surface area contributed by atoms with Crippen LogP contribution in [0.4, 0.5) is 0 Å². The molecule has 25 heavy (non-hydrogen) atoms. The summed E-state index contributed by atoms with van der Waals surface area (Å²) in [5.74, 6) is 3.02. The summed E-state index contributed by atoms with van der Waals surface area (Å²) in [4.78, 5) is 16.5. The number of rotatable bonds is 4. The van der Waals surface area contributed by atoms with E-state index in [2.05, 4.69) is 34.1 Å². The highest BCUT2D eigenvalue weighted by molar-refractivity contribution is 5.80. The minimum Gasteiger partial charge on any atom is -0.339 e. The third kappa shape index (κ3) is 2.80. The summed E-state index contributed by atoms with van der Waals surface area (Å²) in [7, 11) is 0. The second kappa shape index (κ2) is 5.88. The van der Waals surface area contributed by atoms with Gasteiger partial charge in [-0.25, -0.2) is 9.97 Å². The molecule has 128 valence electrons. The zero-order valence-electron chi connectivity index (χ0n) is 14.4. The van der Waals surface area contributed by atoms with Crippen LogP contribution in [0.3, 0.4) is 0 Å². The Bertz CT molecular complexity index is 917. The number of hydrogen-bond acceptors (Lipinski definition) is 6. The van der Waals surface area contributed by atoms with Gasteiger partial charge in [-0.05, 0) is 45.2 Å². The second-order valence-electron chi connectivity index (χ2n) is 7.14. The van der Waals surface area contributed by atoms with Crippen LogP contribution in [0.2, 0.25) is 0 Å². The summed E-state index contributed by atoms with van der Waals surface area (Å²) < 4.78 is 5.46. The van der Waals surface area contributed by atoms with Gasteiger partial charge in [-0.3, -0.25) is 4.90 Å². The van der Waals surface area contributed by atoms with Crippen LogP contribution in [0.5, 0.6) is 0 Å². The van der Waals surface area contributed by atoms with Crippen LogP contribution in [-0.4, -0.2) is 31.6 Å². The molecule has 0 unspecified atom stereocenters. The van der Waals surface area contributed by atoms with Crippen LogP contribution >= 0.6 is 0 Å². The molecular weight excluding hydrogens is 314 g/mol. The zero-order chi connectivity index (χ0) is 16.8. The van der Waals surface area contributed by atoms with Gasteiger partial charge in [0.2, 0.25) is 5.89 Å². The SMILES string of the molecule is Cc1nc(CN2CCC[C@@H]2c2noc(C3CC3)n2)nc2ccccc12. The van der Waals surface area contributed by atoms with Gasteiger partial charge >= 0.3 is 0 Å². The van der Waals surface area contributed by atoms with Crippen molar-refractivity contribution in [3.63, 3.8) is 0 Å². The molecule has 1 aromatic carbocycles. The summed E-state index contributed by atoms with van der Waals surface area (Å²) in [5, 5.41) is 5.37. The van der Waals surface area contributed by atoms with Gasteiger partial charge < -0.3 is 4.52 Å². The lowest BCUT2D eigenvalue weighted by molar-refractivity contribution is 0.228. The summed E-state index contributed by atoms with van der Waals surface area (Å²) in [6.45, 7) is 3.80. The third-order valence-corrected chi connectivity index (χ3v) is 5.23. The van der Waals surface area contributed by atoms with Gasteiger partial charge in [0.15, 0.2) is 5.82 Å². The van der Waals surface area contributed by atoms with Gasteiger partial charge in [-0.1, -0.05) is 23.4 Å². The maximum absolute atomic E-state index is 5.46. The molecule has 0 radical (unpaired) electrons. The Morgan fingerprint density at radius 1 is 1.12 bits per heavy atom. The predicted octanol–water partition coefficient (Wildman–Crippen LogP) is 3.54. The molecular formula is C19H21N5O. The summed E-state index contributed by atoms with van der Waals surface area (Å²) >= 11 is 0. The smallest absolute Gasteiger partial charge is 0.229 e. The Hall–Kier alpha value is -2.34. The molecule has 0 spiro atoms. The van der Waals surface area contributed by atoms with Crippen molar-refractivity contribution in [2.45, 2.75) is 51.1 Å². The third-order valence-electron chi connectivity index (χ3n) is 5.23. The number of para-hydroxylation sites is 1. The lowest BCUT2D eigenvalue weighted by Gasteiger charge is -2.21. The van der Waals surface area contributed by atoms with Crippen LogP contribution < -0.4 is 0 Å². The quantitative estimate of drug-likeness (QED) is 0.726. The van der Waals surface area contributed by atoms with E-state index in [9.17, 15) is 0 Å². The molecule has 1 aliphatic heterocycles. The maximum atomic E-state index is 5.46. The molecule has 1 atom stereocenters. The van der Waals surface area contributed by atoms with E-state index < -0.39 is 0 Å². The molecule has 0 amide bonds.